The van der Waals surface area contributed by atoms with Crippen LogP contribution in [-0.2, 0) is 5.41 Å². The van der Waals surface area contributed by atoms with E-state index in [1.807, 2.05) is 109 Å². The van der Waals surface area contributed by atoms with Crippen LogP contribution in [0, 0.1) is 0 Å². The molecule has 1 aliphatic rings. The summed E-state index contributed by atoms with van der Waals surface area (Å²) in [4.78, 5) is 1.42. The summed E-state index contributed by atoms with van der Waals surface area (Å²) in [5, 5.41) is 1.64. The van der Waals surface area contributed by atoms with Crippen LogP contribution in [0.15, 0.2) is 212 Å². The van der Waals surface area contributed by atoms with Crippen molar-refractivity contribution >= 4 is 27.8 Å². The Hall–Kier alpha value is -6.96. The fourth-order valence-corrected chi connectivity index (χ4v) is 8.31. The van der Waals surface area contributed by atoms with Crippen LogP contribution in [0.25, 0.3) is 66.4 Å². The molecule has 0 aromatic heterocycles. The predicted octanol–water partition coefficient (Wildman–Crippen LogP) is 15.3. The Balaban J connectivity index is 1.21. The average Bonchev–Trinajstić information content (AvgIpc) is 3.56. The Morgan fingerprint density at radius 2 is 1.02 bits per heavy atom. The van der Waals surface area contributed by atoms with Gasteiger partial charge in [0.1, 0.15) is 0 Å². The van der Waals surface area contributed by atoms with Gasteiger partial charge in [0.15, 0.2) is 0 Å². The number of benzene rings is 9. The summed E-state index contributed by atoms with van der Waals surface area (Å²) in [6.45, 7) is 4.23. The van der Waals surface area contributed by atoms with Gasteiger partial charge in [-0.1, -0.05) is 184 Å². The van der Waals surface area contributed by atoms with Gasteiger partial charge in [-0.3, -0.25) is 0 Å². The molecule has 0 unspecified atom stereocenters. The van der Waals surface area contributed by atoms with Crippen LogP contribution in [0.5, 0.6) is 0 Å². The van der Waals surface area contributed by atoms with Gasteiger partial charge in [0.2, 0.25) is 0 Å². The van der Waals surface area contributed by atoms with Crippen LogP contribution in [0.4, 0.5) is 17.1 Å². The fraction of sp³-hybridized carbons (Fsp3) is 0.0545. The molecule has 9 aromatic carbocycles. The molecule has 0 N–H and O–H groups in total. The molecule has 9 aromatic rings. The van der Waals surface area contributed by atoms with Crippen LogP contribution < -0.4 is 4.90 Å². The molecule has 0 spiro atoms. The minimum Gasteiger partial charge on any atom is -0.310 e. The number of rotatable bonds is 7. The lowest BCUT2D eigenvalue weighted by atomic mass is 9.79. The van der Waals surface area contributed by atoms with Gasteiger partial charge in [-0.2, -0.15) is 0 Å². The Morgan fingerprint density at radius 3 is 1.84 bits per heavy atom. The average molecular weight is 724 g/mol. The molecule has 0 heterocycles. The Labute approximate surface area is 341 Å². The van der Waals surface area contributed by atoms with Gasteiger partial charge >= 0.3 is 0 Å². The minimum absolute atomic E-state index is 0.126. The second-order valence-corrected chi connectivity index (χ2v) is 14.7. The summed E-state index contributed by atoms with van der Waals surface area (Å²) in [6, 6.07) is 50.0. The van der Waals surface area contributed by atoms with E-state index in [0.29, 0.717) is 16.8 Å². The second kappa shape index (κ2) is 13.7. The van der Waals surface area contributed by atoms with Gasteiger partial charge in [-0.15, -0.1) is 0 Å². The lowest BCUT2D eigenvalue weighted by molar-refractivity contribution is 0.662. The molecular formula is C55H41N. The van der Waals surface area contributed by atoms with Crippen molar-refractivity contribution in [3.8, 4) is 55.6 Å². The number of fused-ring (bicyclic) bond motifs is 4. The van der Waals surface area contributed by atoms with E-state index >= 15 is 0 Å². The van der Waals surface area contributed by atoms with E-state index in [9.17, 15) is 11.0 Å². The number of anilines is 3. The van der Waals surface area contributed by atoms with Crippen LogP contribution in [-0.4, -0.2) is 0 Å². The molecule has 1 nitrogen and oxygen atoms in total. The number of nitrogens with zero attached hydrogens (tertiary/aromatic N) is 1. The summed E-state index contributed by atoms with van der Waals surface area (Å²) in [7, 11) is 0. The highest BCUT2D eigenvalue weighted by Gasteiger charge is 2.37. The first-order chi connectivity index (χ1) is 30.9. The third-order valence-corrected chi connectivity index (χ3v) is 11.0. The quantitative estimate of drug-likeness (QED) is 0.158. The highest BCUT2D eigenvalue weighted by atomic mass is 15.1. The molecular weight excluding hydrogens is 675 g/mol. The molecule has 0 aliphatic heterocycles. The highest BCUT2D eigenvalue weighted by Crippen LogP contribution is 2.52. The van der Waals surface area contributed by atoms with E-state index in [-0.39, 0.29) is 58.8 Å². The molecule has 1 aliphatic carbocycles. The molecule has 0 amide bonds. The molecule has 1 heteroatoms. The summed E-state index contributed by atoms with van der Waals surface area (Å²) in [6.07, 6.45) is 0. The maximum Gasteiger partial charge on any atom is 0.0651 e. The topological polar surface area (TPSA) is 3.24 Å². The summed E-state index contributed by atoms with van der Waals surface area (Å²) in [5.74, 6) is 0. The molecule has 10 rings (SSSR count). The molecule has 0 bridgehead atoms. The van der Waals surface area contributed by atoms with Crippen molar-refractivity contribution in [1.82, 2.24) is 0 Å². The zero-order valence-corrected chi connectivity index (χ0v) is 31.0. The molecule has 0 fully saturated rings. The van der Waals surface area contributed by atoms with E-state index in [4.69, 9.17) is 0 Å². The molecule has 0 saturated carbocycles. The third-order valence-electron chi connectivity index (χ3n) is 11.0. The normalized spacial score (nSPS) is 14.6. The van der Waals surface area contributed by atoms with Gasteiger partial charge in [0.25, 0.3) is 0 Å². The van der Waals surface area contributed by atoms with Crippen LogP contribution in [0.2, 0.25) is 0 Å². The molecule has 266 valence electrons. The van der Waals surface area contributed by atoms with Crippen LogP contribution in [0.3, 0.4) is 0 Å². The highest BCUT2D eigenvalue weighted by molar-refractivity contribution is 5.97. The van der Waals surface area contributed by atoms with Gasteiger partial charge < -0.3 is 4.90 Å². The zero-order chi connectivity index (χ0) is 44.6. The first-order valence-electron chi connectivity index (χ1n) is 22.9. The first kappa shape index (κ1) is 26.0. The summed E-state index contributed by atoms with van der Waals surface area (Å²) < 4.78 is 76.6. The van der Waals surface area contributed by atoms with Crippen molar-refractivity contribution in [2.24, 2.45) is 0 Å². The molecule has 0 saturated heterocycles. The van der Waals surface area contributed by atoms with E-state index in [2.05, 4.69) is 50.2 Å². The van der Waals surface area contributed by atoms with Crippen molar-refractivity contribution < 1.29 is 11.0 Å². The van der Waals surface area contributed by atoms with Gasteiger partial charge in [-0.25, -0.2) is 0 Å². The first-order valence-corrected chi connectivity index (χ1v) is 18.9. The Kier molecular flexibility index (Phi) is 6.36. The maximum atomic E-state index is 9.88. The van der Waals surface area contributed by atoms with E-state index in [0.717, 1.165) is 55.3 Å². The lowest BCUT2D eigenvalue weighted by Crippen LogP contribution is -2.16. The van der Waals surface area contributed by atoms with E-state index < -0.39 is 17.5 Å². The van der Waals surface area contributed by atoms with Gasteiger partial charge in [-0.05, 0) is 120 Å². The second-order valence-electron chi connectivity index (χ2n) is 14.7. The van der Waals surface area contributed by atoms with Crippen molar-refractivity contribution in [2.75, 3.05) is 4.90 Å². The third kappa shape index (κ3) is 5.81. The maximum absolute atomic E-state index is 9.88. The monoisotopic (exact) mass is 723 g/mol. The molecule has 0 atom stereocenters. The lowest BCUT2D eigenvalue weighted by Gasteiger charge is -2.27. The predicted molar refractivity (Wildman–Crippen MR) is 238 cm³/mol. The van der Waals surface area contributed by atoms with Crippen molar-refractivity contribution in [3.05, 3.63) is 223 Å². The minimum atomic E-state index is -0.500. The smallest absolute Gasteiger partial charge is 0.0651 e. The van der Waals surface area contributed by atoms with Crippen molar-refractivity contribution in [1.29, 1.82) is 0 Å². The van der Waals surface area contributed by atoms with Crippen molar-refractivity contribution in [3.63, 3.8) is 0 Å². The fourth-order valence-electron chi connectivity index (χ4n) is 8.31. The SMILES string of the molecule is [2H]c1c([2H])c(-c2cccc3ccccc23)c([2H])c(N(c2ccc(-c3cccc(-c4ccccc4)c3)cc2)c2c([2H])c([2H])c(-c3cccc4c3C(C)(C)c3ccccc3-4)c([2H])c2[2H])c1[2H]. The molecule has 56 heavy (non-hydrogen) atoms. The van der Waals surface area contributed by atoms with Gasteiger partial charge in [0, 0.05) is 22.5 Å². The molecule has 0 radical (unpaired) electrons. The summed E-state index contributed by atoms with van der Waals surface area (Å²) >= 11 is 0. The van der Waals surface area contributed by atoms with Crippen molar-refractivity contribution in [2.45, 2.75) is 19.3 Å². The van der Waals surface area contributed by atoms with Crippen LogP contribution in [0.1, 0.15) is 35.9 Å². The zero-order valence-electron chi connectivity index (χ0n) is 39.0. The van der Waals surface area contributed by atoms with E-state index in [1.165, 1.54) is 4.90 Å². The number of hydrogen-bond acceptors (Lipinski definition) is 1. The Bertz CT molecular complexity index is 3310. The van der Waals surface area contributed by atoms with Gasteiger partial charge in [0.05, 0.1) is 11.0 Å². The van der Waals surface area contributed by atoms with E-state index in [1.54, 1.807) is 18.2 Å². The summed E-state index contributed by atoms with van der Waals surface area (Å²) in [5.41, 5.74) is 8.98. The largest absolute Gasteiger partial charge is 0.310 e. The number of hydrogen-bond donors (Lipinski definition) is 0. The van der Waals surface area contributed by atoms with Crippen LogP contribution >= 0.6 is 0 Å². The Morgan fingerprint density at radius 1 is 0.411 bits per heavy atom. The standard InChI is InChI=1S/C55H41N/c1-55(2)53-27-9-8-23-51(53)52-26-13-25-50(54(52)55)41-30-34-46(35-31-41)56(47-21-11-20-44(37-47)49-24-12-17-40-16-6-7-22-48(40)49)45-32-28-39(29-33-45)43-19-10-18-42(36-43)38-14-4-3-5-15-38/h3-37H,1-2H3/i11D,20D,21D,30D,31D,34D,35D,37D.